The highest BCUT2D eigenvalue weighted by Crippen LogP contribution is 2.25. The minimum atomic E-state index is -0.473. The molecule has 1 aromatic carbocycles. The van der Waals surface area contributed by atoms with Crippen LogP contribution in [-0.4, -0.2) is 21.7 Å². The van der Waals surface area contributed by atoms with Crippen molar-refractivity contribution >= 4 is 0 Å². The maximum absolute atomic E-state index is 13.7. The lowest BCUT2D eigenvalue weighted by atomic mass is 10.1. The smallest absolute Gasteiger partial charge is 0.225 e. The van der Waals surface area contributed by atoms with Crippen LogP contribution in [0.3, 0.4) is 0 Å². The average Bonchev–Trinajstić information content (AvgIpc) is 2.35. The summed E-state index contributed by atoms with van der Waals surface area (Å²) < 4.78 is 19.1. The molecule has 2 rings (SSSR count). The molecule has 2 aromatic rings. The molecule has 0 fully saturated rings. The Hall–Kier alpha value is -2.01. The number of halogens is 1. The Morgan fingerprint density at radius 3 is 2.89 bits per heavy atom. The summed E-state index contributed by atoms with van der Waals surface area (Å²) in [4.78, 5) is 7.77. The van der Waals surface area contributed by atoms with Gasteiger partial charge >= 0.3 is 0 Å². The van der Waals surface area contributed by atoms with Gasteiger partial charge in [0.2, 0.25) is 5.88 Å². The number of benzene rings is 1. The van der Waals surface area contributed by atoms with Crippen molar-refractivity contribution in [3.8, 4) is 11.6 Å². The Morgan fingerprint density at radius 1 is 1.39 bits per heavy atom. The molecule has 0 saturated heterocycles. The molecule has 1 heterocycles. The highest BCUT2D eigenvalue weighted by Gasteiger charge is 2.08. The fourth-order valence-electron chi connectivity index (χ4n) is 1.51. The van der Waals surface area contributed by atoms with Crippen molar-refractivity contribution in [1.82, 2.24) is 9.97 Å². The lowest BCUT2D eigenvalue weighted by Crippen LogP contribution is -1.96. The zero-order chi connectivity index (χ0) is 13.0. The van der Waals surface area contributed by atoms with Crippen LogP contribution in [0.15, 0.2) is 30.7 Å². The van der Waals surface area contributed by atoms with Gasteiger partial charge in [-0.3, -0.25) is 0 Å². The van der Waals surface area contributed by atoms with Crippen LogP contribution in [0.4, 0.5) is 4.39 Å². The van der Waals surface area contributed by atoms with Gasteiger partial charge in [0, 0.05) is 18.4 Å². The number of hydrogen-bond acceptors (Lipinski definition) is 4. The standard InChI is InChI=1S/C13H13FN2O2/c1-9-7-15-8-16-13(9)18-12-3-2-10(4-5-17)6-11(12)14/h2-3,6-8,17H,4-5H2,1H3. The van der Waals surface area contributed by atoms with Gasteiger partial charge in [-0.1, -0.05) is 6.07 Å². The van der Waals surface area contributed by atoms with Crippen LogP contribution >= 0.6 is 0 Å². The minimum absolute atomic E-state index is 0.00926. The molecule has 94 valence electrons. The quantitative estimate of drug-likeness (QED) is 0.901. The van der Waals surface area contributed by atoms with E-state index in [2.05, 4.69) is 9.97 Å². The fraction of sp³-hybridized carbons (Fsp3) is 0.231. The van der Waals surface area contributed by atoms with Crippen molar-refractivity contribution in [3.63, 3.8) is 0 Å². The molecule has 1 N–H and O–H groups in total. The van der Waals surface area contributed by atoms with E-state index < -0.39 is 5.82 Å². The van der Waals surface area contributed by atoms with E-state index in [4.69, 9.17) is 9.84 Å². The highest BCUT2D eigenvalue weighted by molar-refractivity contribution is 5.34. The van der Waals surface area contributed by atoms with Gasteiger partial charge in [0.15, 0.2) is 11.6 Å². The second kappa shape index (κ2) is 5.55. The molecule has 18 heavy (non-hydrogen) atoms. The van der Waals surface area contributed by atoms with Crippen molar-refractivity contribution in [1.29, 1.82) is 0 Å². The van der Waals surface area contributed by atoms with E-state index in [0.717, 1.165) is 11.1 Å². The molecule has 0 aliphatic carbocycles. The van der Waals surface area contributed by atoms with E-state index in [1.165, 1.54) is 18.5 Å². The SMILES string of the molecule is Cc1cncnc1Oc1ccc(CCO)cc1F. The molecule has 0 saturated carbocycles. The molecule has 0 bridgehead atoms. The molecule has 0 aliphatic rings. The van der Waals surface area contributed by atoms with Gasteiger partial charge in [-0.2, -0.15) is 0 Å². The highest BCUT2D eigenvalue weighted by atomic mass is 19.1. The largest absolute Gasteiger partial charge is 0.436 e. The van der Waals surface area contributed by atoms with Crippen LogP contribution in [0.5, 0.6) is 11.6 Å². The van der Waals surface area contributed by atoms with E-state index in [9.17, 15) is 4.39 Å². The molecule has 0 atom stereocenters. The maximum atomic E-state index is 13.7. The van der Waals surface area contributed by atoms with Crippen molar-refractivity contribution in [2.45, 2.75) is 13.3 Å². The van der Waals surface area contributed by atoms with Crippen LogP contribution in [0.1, 0.15) is 11.1 Å². The molecule has 1 aromatic heterocycles. The third kappa shape index (κ3) is 2.81. The number of rotatable bonds is 4. The molecule has 5 heteroatoms. The Kier molecular flexibility index (Phi) is 3.84. The number of aryl methyl sites for hydroxylation is 1. The maximum Gasteiger partial charge on any atom is 0.225 e. The van der Waals surface area contributed by atoms with Crippen molar-refractivity contribution in [2.75, 3.05) is 6.61 Å². The predicted molar refractivity (Wildman–Crippen MR) is 64.0 cm³/mol. The van der Waals surface area contributed by atoms with Gasteiger partial charge in [-0.25, -0.2) is 14.4 Å². The van der Waals surface area contributed by atoms with Crippen molar-refractivity contribution < 1.29 is 14.2 Å². The van der Waals surface area contributed by atoms with Gasteiger partial charge in [-0.15, -0.1) is 0 Å². The van der Waals surface area contributed by atoms with Gasteiger partial charge in [0.1, 0.15) is 6.33 Å². The number of aliphatic hydroxyl groups is 1. The fourth-order valence-corrected chi connectivity index (χ4v) is 1.51. The van der Waals surface area contributed by atoms with Crippen LogP contribution < -0.4 is 4.74 Å². The Labute approximate surface area is 104 Å². The predicted octanol–water partition coefficient (Wildman–Crippen LogP) is 2.25. The second-order valence-corrected chi connectivity index (χ2v) is 3.85. The molecule has 0 aliphatic heterocycles. The number of aromatic nitrogens is 2. The van der Waals surface area contributed by atoms with E-state index >= 15 is 0 Å². The zero-order valence-corrected chi connectivity index (χ0v) is 9.93. The Morgan fingerprint density at radius 2 is 2.22 bits per heavy atom. The molecular formula is C13H13FN2O2. The first kappa shape index (κ1) is 12.4. The van der Waals surface area contributed by atoms with E-state index in [0.29, 0.717) is 12.3 Å². The molecule has 0 spiro atoms. The van der Waals surface area contributed by atoms with Gasteiger partial charge in [0.05, 0.1) is 0 Å². The topological polar surface area (TPSA) is 55.2 Å². The van der Waals surface area contributed by atoms with Crippen molar-refractivity contribution in [2.24, 2.45) is 0 Å². The van der Waals surface area contributed by atoms with Gasteiger partial charge in [-0.05, 0) is 31.0 Å². The summed E-state index contributed by atoms with van der Waals surface area (Å²) >= 11 is 0. The number of ether oxygens (including phenoxy) is 1. The first-order valence-corrected chi connectivity index (χ1v) is 5.54. The number of aliphatic hydroxyl groups excluding tert-OH is 1. The first-order chi connectivity index (χ1) is 8.70. The second-order valence-electron chi connectivity index (χ2n) is 3.85. The molecule has 0 amide bonds. The number of hydrogen-bond donors (Lipinski definition) is 1. The van der Waals surface area contributed by atoms with Crippen LogP contribution in [-0.2, 0) is 6.42 Å². The summed E-state index contributed by atoms with van der Waals surface area (Å²) in [7, 11) is 0. The summed E-state index contributed by atoms with van der Waals surface area (Å²) in [6.45, 7) is 1.78. The Balaban J connectivity index is 2.22. The third-order valence-corrected chi connectivity index (χ3v) is 2.45. The summed E-state index contributed by atoms with van der Waals surface area (Å²) in [5, 5.41) is 8.78. The molecule has 0 unspecified atom stereocenters. The third-order valence-electron chi connectivity index (χ3n) is 2.45. The first-order valence-electron chi connectivity index (χ1n) is 5.54. The summed E-state index contributed by atoms with van der Waals surface area (Å²) in [5.74, 6) is -0.0312. The summed E-state index contributed by atoms with van der Waals surface area (Å²) in [6.07, 6.45) is 3.37. The molecule has 0 radical (unpaired) electrons. The lowest BCUT2D eigenvalue weighted by molar-refractivity contribution is 0.299. The van der Waals surface area contributed by atoms with Gasteiger partial charge in [0.25, 0.3) is 0 Å². The molecular weight excluding hydrogens is 235 g/mol. The van der Waals surface area contributed by atoms with Crippen LogP contribution in [0.2, 0.25) is 0 Å². The zero-order valence-electron chi connectivity index (χ0n) is 9.93. The van der Waals surface area contributed by atoms with Crippen LogP contribution in [0, 0.1) is 12.7 Å². The normalized spacial score (nSPS) is 10.4. The van der Waals surface area contributed by atoms with E-state index in [1.807, 2.05) is 0 Å². The Bertz CT molecular complexity index is 546. The minimum Gasteiger partial charge on any atom is -0.436 e. The summed E-state index contributed by atoms with van der Waals surface area (Å²) in [5.41, 5.74) is 1.46. The van der Waals surface area contributed by atoms with Gasteiger partial charge < -0.3 is 9.84 Å². The van der Waals surface area contributed by atoms with E-state index in [-0.39, 0.29) is 12.4 Å². The number of nitrogens with zero attached hydrogens (tertiary/aromatic N) is 2. The molecule has 4 nitrogen and oxygen atoms in total. The summed E-state index contributed by atoms with van der Waals surface area (Å²) in [6, 6.07) is 4.59. The van der Waals surface area contributed by atoms with Crippen molar-refractivity contribution in [3.05, 3.63) is 47.7 Å². The lowest BCUT2D eigenvalue weighted by Gasteiger charge is -2.08. The monoisotopic (exact) mass is 248 g/mol. The van der Waals surface area contributed by atoms with E-state index in [1.54, 1.807) is 19.2 Å². The van der Waals surface area contributed by atoms with Crippen LogP contribution in [0.25, 0.3) is 0 Å². The average molecular weight is 248 g/mol.